The number of hydrogen-bond donors (Lipinski definition) is 3. The number of carbonyl (C=O) groups excluding carboxylic acids is 1. The molecule has 1 amide bonds. The highest BCUT2D eigenvalue weighted by Crippen LogP contribution is 2.19. The maximum Gasteiger partial charge on any atom is 0.264 e. The molecule has 1 aromatic carbocycles. The fourth-order valence-corrected chi connectivity index (χ4v) is 3.12. The number of carbonyl (C=O) groups is 1. The number of thioether (sulfide) groups is 1. The normalized spacial score (nSPS) is 11.0. The van der Waals surface area contributed by atoms with Crippen LogP contribution < -0.4 is 16.6 Å². The highest BCUT2D eigenvalue weighted by Gasteiger charge is 2.13. The fourth-order valence-electron chi connectivity index (χ4n) is 1.88. The SMILES string of the molecule is Nn1c(N/N=C/c2cccs2)nnc1SCC(=O)Nc1ccc(F)cc1F. The van der Waals surface area contributed by atoms with Gasteiger partial charge < -0.3 is 11.2 Å². The smallest absolute Gasteiger partial charge is 0.264 e. The number of nitrogens with zero attached hydrogens (tertiary/aromatic N) is 4. The first-order valence-electron chi connectivity index (χ1n) is 7.43. The van der Waals surface area contributed by atoms with Crippen LogP contribution in [0.3, 0.4) is 0 Å². The summed E-state index contributed by atoms with van der Waals surface area (Å²) in [5.74, 6) is 3.86. The third kappa shape index (κ3) is 5.01. The Bertz CT molecular complexity index is 959. The molecular formula is C15H13F2N7OS2. The number of thiophene rings is 1. The molecule has 0 atom stereocenters. The lowest BCUT2D eigenvalue weighted by Crippen LogP contribution is -2.17. The molecule has 0 saturated heterocycles. The highest BCUT2D eigenvalue weighted by molar-refractivity contribution is 7.99. The van der Waals surface area contributed by atoms with Crippen LogP contribution in [0.2, 0.25) is 0 Å². The summed E-state index contributed by atoms with van der Waals surface area (Å²) in [5.41, 5.74) is 2.54. The molecule has 27 heavy (non-hydrogen) atoms. The molecule has 0 aliphatic carbocycles. The van der Waals surface area contributed by atoms with Crippen LogP contribution in [0.25, 0.3) is 0 Å². The van der Waals surface area contributed by atoms with Gasteiger partial charge in [-0.3, -0.25) is 4.79 Å². The molecule has 3 aromatic rings. The van der Waals surface area contributed by atoms with Crippen molar-refractivity contribution in [1.82, 2.24) is 14.9 Å². The van der Waals surface area contributed by atoms with E-state index in [0.29, 0.717) is 6.07 Å². The van der Waals surface area contributed by atoms with Crippen molar-refractivity contribution < 1.29 is 13.6 Å². The van der Waals surface area contributed by atoms with Crippen molar-refractivity contribution in [2.75, 3.05) is 22.3 Å². The molecule has 0 radical (unpaired) electrons. The van der Waals surface area contributed by atoms with E-state index in [4.69, 9.17) is 5.84 Å². The minimum Gasteiger partial charge on any atom is -0.334 e. The molecule has 0 unspecified atom stereocenters. The van der Waals surface area contributed by atoms with E-state index in [1.807, 2.05) is 17.5 Å². The minimum atomic E-state index is -0.856. The second-order valence-corrected chi connectivity index (χ2v) is 6.94. The van der Waals surface area contributed by atoms with Gasteiger partial charge in [0, 0.05) is 10.9 Å². The first-order valence-corrected chi connectivity index (χ1v) is 9.30. The van der Waals surface area contributed by atoms with Crippen LogP contribution in [0.15, 0.2) is 46.0 Å². The second kappa shape index (κ2) is 8.60. The van der Waals surface area contributed by atoms with Crippen molar-refractivity contribution in [1.29, 1.82) is 0 Å². The van der Waals surface area contributed by atoms with Crippen LogP contribution >= 0.6 is 23.1 Å². The molecule has 0 bridgehead atoms. The number of rotatable bonds is 7. The average Bonchev–Trinajstić information content (AvgIpc) is 3.27. The molecule has 2 heterocycles. The van der Waals surface area contributed by atoms with E-state index in [0.717, 1.165) is 33.4 Å². The number of nitrogens with two attached hydrogens (primary N) is 1. The molecule has 0 aliphatic rings. The van der Waals surface area contributed by atoms with Crippen LogP contribution in [0.4, 0.5) is 20.4 Å². The third-order valence-corrected chi connectivity index (χ3v) is 4.85. The van der Waals surface area contributed by atoms with E-state index < -0.39 is 17.5 Å². The first-order chi connectivity index (χ1) is 13.0. The Morgan fingerprint density at radius 3 is 2.96 bits per heavy atom. The summed E-state index contributed by atoms with van der Waals surface area (Å²) in [7, 11) is 0. The average molecular weight is 409 g/mol. The van der Waals surface area contributed by atoms with Crippen LogP contribution in [0.1, 0.15) is 4.88 Å². The molecule has 12 heteroatoms. The maximum atomic E-state index is 13.5. The van der Waals surface area contributed by atoms with E-state index >= 15 is 0 Å². The number of anilines is 2. The van der Waals surface area contributed by atoms with Crippen molar-refractivity contribution in [3.05, 3.63) is 52.2 Å². The Morgan fingerprint density at radius 1 is 1.37 bits per heavy atom. The lowest BCUT2D eigenvalue weighted by Gasteiger charge is -2.06. The molecule has 0 saturated carbocycles. The van der Waals surface area contributed by atoms with Crippen molar-refractivity contribution in [3.63, 3.8) is 0 Å². The summed E-state index contributed by atoms with van der Waals surface area (Å²) >= 11 is 2.52. The number of nitrogens with one attached hydrogen (secondary N) is 2. The number of nitrogen functional groups attached to an aromatic ring is 1. The number of hydrazone groups is 1. The van der Waals surface area contributed by atoms with Gasteiger partial charge in [0.15, 0.2) is 0 Å². The molecule has 4 N–H and O–H groups in total. The van der Waals surface area contributed by atoms with Crippen molar-refractivity contribution in [2.45, 2.75) is 5.16 Å². The maximum absolute atomic E-state index is 13.5. The molecule has 2 aromatic heterocycles. The van der Waals surface area contributed by atoms with Crippen molar-refractivity contribution >= 4 is 46.9 Å². The number of amides is 1. The van der Waals surface area contributed by atoms with Gasteiger partial charge in [0.25, 0.3) is 5.95 Å². The largest absolute Gasteiger partial charge is 0.334 e. The van der Waals surface area contributed by atoms with E-state index in [1.54, 1.807) is 6.21 Å². The lowest BCUT2D eigenvalue weighted by atomic mass is 10.3. The van der Waals surface area contributed by atoms with Crippen molar-refractivity contribution in [3.8, 4) is 0 Å². The second-order valence-electron chi connectivity index (χ2n) is 5.02. The molecular weight excluding hydrogens is 396 g/mol. The number of hydrogen-bond acceptors (Lipinski definition) is 8. The predicted octanol–water partition coefficient (Wildman–Crippen LogP) is 2.51. The zero-order valence-corrected chi connectivity index (χ0v) is 15.2. The number of aromatic nitrogens is 3. The standard InChI is InChI=1S/C15H13F2N7OS2/c16-9-3-4-12(11(17)6-9)20-13(25)8-27-15-23-22-14(24(15)18)21-19-7-10-2-1-5-26-10/h1-7H,8,18H2,(H,20,25)(H,21,22)/b19-7+. The van der Waals surface area contributed by atoms with Gasteiger partial charge in [-0.1, -0.05) is 17.8 Å². The molecule has 3 rings (SSSR count). The number of benzene rings is 1. The Labute approximate surface area is 160 Å². The third-order valence-electron chi connectivity index (χ3n) is 3.10. The zero-order valence-electron chi connectivity index (χ0n) is 13.6. The summed E-state index contributed by atoms with van der Waals surface area (Å²) in [5, 5.41) is 16.2. The van der Waals surface area contributed by atoms with Gasteiger partial charge in [0.1, 0.15) is 11.6 Å². The quantitative estimate of drug-likeness (QED) is 0.239. The zero-order chi connectivity index (χ0) is 19.2. The van der Waals surface area contributed by atoms with Crippen LogP contribution in [-0.2, 0) is 4.79 Å². The van der Waals surface area contributed by atoms with Crippen molar-refractivity contribution in [2.24, 2.45) is 5.10 Å². The topological polar surface area (TPSA) is 110 Å². The Kier molecular flexibility index (Phi) is 5.98. The Balaban J connectivity index is 1.53. The van der Waals surface area contributed by atoms with Gasteiger partial charge in [-0.05, 0) is 23.6 Å². The van der Waals surface area contributed by atoms with E-state index in [9.17, 15) is 13.6 Å². The molecule has 0 fully saturated rings. The van der Waals surface area contributed by atoms with Gasteiger partial charge in [-0.2, -0.15) is 5.10 Å². The first kappa shape index (κ1) is 18.8. The van der Waals surface area contributed by atoms with Gasteiger partial charge in [-0.25, -0.2) is 18.9 Å². The fraction of sp³-hybridized carbons (Fsp3) is 0.0667. The van der Waals surface area contributed by atoms with E-state index in [-0.39, 0.29) is 22.5 Å². The Hall–Kier alpha value is -2.99. The summed E-state index contributed by atoms with van der Waals surface area (Å²) < 4.78 is 27.5. The predicted molar refractivity (Wildman–Crippen MR) is 101 cm³/mol. The van der Waals surface area contributed by atoms with Gasteiger partial charge in [0.05, 0.1) is 17.7 Å². The number of halogens is 2. The summed E-state index contributed by atoms with van der Waals surface area (Å²) in [4.78, 5) is 12.9. The minimum absolute atomic E-state index is 0.0926. The van der Waals surface area contributed by atoms with Gasteiger partial charge >= 0.3 is 0 Å². The molecule has 140 valence electrons. The van der Waals surface area contributed by atoms with E-state index in [2.05, 4.69) is 26.0 Å². The van der Waals surface area contributed by atoms with Crippen LogP contribution in [-0.4, -0.2) is 32.7 Å². The highest BCUT2D eigenvalue weighted by atomic mass is 32.2. The molecule has 8 nitrogen and oxygen atoms in total. The Morgan fingerprint density at radius 2 is 2.22 bits per heavy atom. The van der Waals surface area contributed by atoms with Crippen LogP contribution in [0.5, 0.6) is 0 Å². The molecule has 0 spiro atoms. The lowest BCUT2D eigenvalue weighted by molar-refractivity contribution is -0.113. The summed E-state index contributed by atoms with van der Waals surface area (Å²) in [6, 6.07) is 6.68. The summed E-state index contributed by atoms with van der Waals surface area (Å²) in [6.07, 6.45) is 1.61. The van der Waals surface area contributed by atoms with Gasteiger partial charge in [-0.15, -0.1) is 21.5 Å². The summed E-state index contributed by atoms with van der Waals surface area (Å²) in [6.45, 7) is 0. The van der Waals surface area contributed by atoms with E-state index in [1.165, 1.54) is 11.3 Å². The monoisotopic (exact) mass is 409 g/mol. The van der Waals surface area contributed by atoms with Gasteiger partial charge in [0.2, 0.25) is 11.1 Å². The molecule has 0 aliphatic heterocycles. The van der Waals surface area contributed by atoms with Crippen LogP contribution in [0, 0.1) is 11.6 Å².